The minimum atomic E-state index is 0.323. The zero-order chi connectivity index (χ0) is 15.2. The van der Waals surface area contributed by atoms with Crippen LogP contribution in [-0.2, 0) is 6.42 Å². The molecule has 0 saturated carbocycles. The number of unbranched alkanes of at least 4 members (excludes halogenated alkanes) is 1. The van der Waals surface area contributed by atoms with E-state index in [4.69, 9.17) is 0 Å². The Labute approximate surface area is 142 Å². The third-order valence-electron chi connectivity index (χ3n) is 3.85. The zero-order valence-electron chi connectivity index (χ0n) is 13.1. The van der Waals surface area contributed by atoms with Gasteiger partial charge in [-0.1, -0.05) is 43.7 Å². The Balaban J connectivity index is 2.02. The molecule has 1 nitrogen and oxygen atoms in total. The Kier molecular flexibility index (Phi) is 6.09. The van der Waals surface area contributed by atoms with Crippen LogP contribution >= 0.6 is 22.6 Å². The van der Waals surface area contributed by atoms with Crippen molar-refractivity contribution in [3.05, 3.63) is 62.7 Å². The highest BCUT2D eigenvalue weighted by Gasteiger charge is 2.06. The van der Waals surface area contributed by atoms with Crippen molar-refractivity contribution in [1.82, 2.24) is 0 Å². The van der Waals surface area contributed by atoms with Gasteiger partial charge < -0.3 is 5.32 Å². The summed E-state index contributed by atoms with van der Waals surface area (Å²) < 4.78 is 1.31. The molecule has 0 amide bonds. The van der Waals surface area contributed by atoms with Gasteiger partial charge in [-0.25, -0.2) is 0 Å². The average molecular weight is 393 g/mol. The lowest BCUT2D eigenvalue weighted by molar-refractivity contribution is 0.793. The van der Waals surface area contributed by atoms with Crippen LogP contribution in [0.2, 0.25) is 0 Å². The van der Waals surface area contributed by atoms with Gasteiger partial charge in [0.05, 0.1) is 0 Å². The van der Waals surface area contributed by atoms with E-state index in [0.717, 1.165) is 0 Å². The van der Waals surface area contributed by atoms with Crippen molar-refractivity contribution >= 4 is 28.3 Å². The third kappa shape index (κ3) is 4.73. The predicted molar refractivity (Wildman–Crippen MR) is 101 cm³/mol. The molecule has 2 rings (SSSR count). The lowest BCUT2D eigenvalue weighted by Crippen LogP contribution is -2.07. The van der Waals surface area contributed by atoms with Gasteiger partial charge in [0.1, 0.15) is 0 Å². The molecule has 0 radical (unpaired) electrons. The highest BCUT2D eigenvalue weighted by atomic mass is 127. The Morgan fingerprint density at radius 1 is 1.10 bits per heavy atom. The smallest absolute Gasteiger partial charge is 0.0485 e. The number of rotatable bonds is 6. The Bertz CT molecular complexity index is 575. The van der Waals surface area contributed by atoms with E-state index in [2.05, 4.69) is 91.1 Å². The van der Waals surface area contributed by atoms with Crippen molar-refractivity contribution in [2.75, 3.05) is 5.32 Å². The van der Waals surface area contributed by atoms with Crippen LogP contribution in [0.25, 0.3) is 0 Å². The maximum atomic E-state index is 3.58. The van der Waals surface area contributed by atoms with E-state index in [-0.39, 0.29) is 0 Å². The average Bonchev–Trinajstić information content (AvgIpc) is 2.49. The predicted octanol–water partition coefficient (Wildman–Crippen LogP) is 6.12. The van der Waals surface area contributed by atoms with Crippen molar-refractivity contribution in [2.24, 2.45) is 0 Å². The molecule has 1 unspecified atom stereocenters. The molecular weight excluding hydrogens is 369 g/mol. The summed E-state index contributed by atoms with van der Waals surface area (Å²) in [5, 5.41) is 3.58. The highest BCUT2D eigenvalue weighted by Crippen LogP contribution is 2.23. The molecular formula is C19H24IN. The molecule has 0 aliphatic rings. The fourth-order valence-electron chi connectivity index (χ4n) is 2.37. The van der Waals surface area contributed by atoms with E-state index >= 15 is 0 Å². The lowest BCUT2D eigenvalue weighted by atomic mass is 10.0. The first-order valence-electron chi connectivity index (χ1n) is 7.71. The molecule has 0 saturated heterocycles. The number of aryl methyl sites for hydroxylation is 2. The molecule has 1 atom stereocenters. The summed E-state index contributed by atoms with van der Waals surface area (Å²) in [7, 11) is 0. The van der Waals surface area contributed by atoms with Gasteiger partial charge in [0.2, 0.25) is 0 Å². The molecule has 0 aliphatic heterocycles. The topological polar surface area (TPSA) is 12.0 Å². The standard InChI is InChI=1S/C19H24IN/c1-4-5-6-16-8-10-17(11-9-16)15(3)21-18-12-7-14(2)19(20)13-18/h7-13,15,21H,4-6H2,1-3H3. The molecule has 112 valence electrons. The second-order valence-electron chi connectivity index (χ2n) is 5.68. The Morgan fingerprint density at radius 3 is 2.43 bits per heavy atom. The van der Waals surface area contributed by atoms with Crippen LogP contribution in [0.4, 0.5) is 5.69 Å². The number of nitrogens with one attached hydrogen (secondary N) is 1. The summed E-state index contributed by atoms with van der Waals surface area (Å²) in [6.45, 7) is 6.60. The van der Waals surface area contributed by atoms with Gasteiger partial charge in [-0.15, -0.1) is 0 Å². The minimum Gasteiger partial charge on any atom is -0.378 e. The largest absolute Gasteiger partial charge is 0.378 e. The van der Waals surface area contributed by atoms with Crippen LogP contribution in [0.3, 0.4) is 0 Å². The number of hydrogen-bond donors (Lipinski definition) is 1. The molecule has 21 heavy (non-hydrogen) atoms. The molecule has 2 aromatic rings. The highest BCUT2D eigenvalue weighted by molar-refractivity contribution is 14.1. The van der Waals surface area contributed by atoms with Crippen LogP contribution in [0, 0.1) is 10.5 Å². The van der Waals surface area contributed by atoms with E-state index in [1.54, 1.807) is 0 Å². The van der Waals surface area contributed by atoms with Gasteiger partial charge in [0.15, 0.2) is 0 Å². The molecule has 0 bridgehead atoms. The van der Waals surface area contributed by atoms with Crippen molar-refractivity contribution in [1.29, 1.82) is 0 Å². The second-order valence-corrected chi connectivity index (χ2v) is 6.84. The summed E-state index contributed by atoms with van der Waals surface area (Å²) in [6, 6.07) is 15.9. The van der Waals surface area contributed by atoms with Gasteiger partial charge >= 0.3 is 0 Å². The van der Waals surface area contributed by atoms with E-state index in [1.807, 2.05) is 0 Å². The molecule has 2 aromatic carbocycles. The van der Waals surface area contributed by atoms with Crippen molar-refractivity contribution < 1.29 is 0 Å². The van der Waals surface area contributed by atoms with E-state index < -0.39 is 0 Å². The number of halogens is 1. The monoisotopic (exact) mass is 393 g/mol. The van der Waals surface area contributed by atoms with Gasteiger partial charge in [-0.05, 0) is 78.1 Å². The summed E-state index contributed by atoms with van der Waals surface area (Å²) in [5.41, 5.74) is 5.30. The third-order valence-corrected chi connectivity index (χ3v) is 5.02. The van der Waals surface area contributed by atoms with Crippen molar-refractivity contribution in [2.45, 2.75) is 46.1 Å². The lowest BCUT2D eigenvalue weighted by Gasteiger charge is -2.17. The first-order valence-corrected chi connectivity index (χ1v) is 8.79. The fourth-order valence-corrected chi connectivity index (χ4v) is 2.89. The molecule has 0 aliphatic carbocycles. The van der Waals surface area contributed by atoms with Crippen LogP contribution in [0.15, 0.2) is 42.5 Å². The van der Waals surface area contributed by atoms with Gasteiger partial charge in [-0.3, -0.25) is 0 Å². The fraction of sp³-hybridized carbons (Fsp3) is 0.368. The summed E-state index contributed by atoms with van der Waals surface area (Å²) in [6.07, 6.45) is 3.72. The van der Waals surface area contributed by atoms with E-state index in [9.17, 15) is 0 Å². The maximum Gasteiger partial charge on any atom is 0.0485 e. The van der Waals surface area contributed by atoms with Gasteiger partial charge in [0, 0.05) is 15.3 Å². The van der Waals surface area contributed by atoms with E-state index in [0.29, 0.717) is 6.04 Å². The normalized spacial score (nSPS) is 12.2. The molecule has 0 spiro atoms. The Hall–Kier alpha value is -1.03. The Morgan fingerprint density at radius 2 is 1.81 bits per heavy atom. The maximum absolute atomic E-state index is 3.58. The van der Waals surface area contributed by atoms with Crippen LogP contribution in [-0.4, -0.2) is 0 Å². The van der Waals surface area contributed by atoms with Crippen molar-refractivity contribution in [3.8, 4) is 0 Å². The second kappa shape index (κ2) is 7.83. The van der Waals surface area contributed by atoms with Crippen LogP contribution < -0.4 is 5.32 Å². The summed E-state index contributed by atoms with van der Waals surface area (Å²) >= 11 is 2.39. The molecule has 1 N–H and O–H groups in total. The van der Waals surface area contributed by atoms with Gasteiger partial charge in [0.25, 0.3) is 0 Å². The number of anilines is 1. The number of hydrogen-bond acceptors (Lipinski definition) is 1. The summed E-state index contributed by atoms with van der Waals surface area (Å²) in [4.78, 5) is 0. The molecule has 0 aromatic heterocycles. The SMILES string of the molecule is CCCCc1ccc(C(C)Nc2ccc(C)c(I)c2)cc1. The van der Waals surface area contributed by atoms with Crippen LogP contribution in [0.1, 0.15) is 49.4 Å². The van der Waals surface area contributed by atoms with Crippen LogP contribution in [0.5, 0.6) is 0 Å². The van der Waals surface area contributed by atoms with Gasteiger partial charge in [-0.2, -0.15) is 0 Å². The quantitative estimate of drug-likeness (QED) is 0.584. The minimum absolute atomic E-state index is 0.323. The molecule has 0 heterocycles. The first-order chi connectivity index (χ1) is 10.1. The van der Waals surface area contributed by atoms with Crippen molar-refractivity contribution in [3.63, 3.8) is 0 Å². The molecule has 2 heteroatoms. The number of benzene rings is 2. The van der Waals surface area contributed by atoms with E-state index in [1.165, 1.54) is 45.2 Å². The zero-order valence-corrected chi connectivity index (χ0v) is 15.3. The molecule has 0 fully saturated rings. The first kappa shape index (κ1) is 16.3. The summed E-state index contributed by atoms with van der Waals surface area (Å²) in [5.74, 6) is 0.